The van der Waals surface area contributed by atoms with Crippen LogP contribution in [0.25, 0.3) is 0 Å². The number of esters is 2. The van der Waals surface area contributed by atoms with Gasteiger partial charge in [0, 0.05) is 33.0 Å². The van der Waals surface area contributed by atoms with Crippen LogP contribution in [0.15, 0.2) is 24.5 Å². The number of nitro groups is 1. The number of benzene rings is 1. The summed E-state index contributed by atoms with van der Waals surface area (Å²) in [6, 6.07) is 4.04. The van der Waals surface area contributed by atoms with Crippen LogP contribution in [0.2, 0.25) is 0 Å². The van der Waals surface area contributed by atoms with Gasteiger partial charge in [-0.15, -0.1) is 0 Å². The van der Waals surface area contributed by atoms with E-state index in [1.54, 1.807) is 4.90 Å². The molecule has 2 rings (SSSR count). The van der Waals surface area contributed by atoms with Gasteiger partial charge >= 0.3 is 17.6 Å². The largest absolute Gasteiger partial charge is 0.465 e. The molecule has 0 fully saturated rings. The van der Waals surface area contributed by atoms with Crippen LogP contribution in [0.5, 0.6) is 0 Å². The number of carbonyl (C=O) groups is 2. The van der Waals surface area contributed by atoms with Crippen molar-refractivity contribution in [2.45, 2.75) is 0 Å². The molecule has 0 radical (unpaired) electrons. The average molecular weight is 463 g/mol. The van der Waals surface area contributed by atoms with Gasteiger partial charge in [0.2, 0.25) is 11.6 Å². The molecule has 178 valence electrons. The highest BCUT2D eigenvalue weighted by atomic mass is 16.6. The topological polar surface area (TPSA) is 155 Å². The minimum absolute atomic E-state index is 0.0432. The summed E-state index contributed by atoms with van der Waals surface area (Å²) in [5, 5.41) is 14.8. The summed E-state index contributed by atoms with van der Waals surface area (Å²) >= 11 is 0. The Morgan fingerprint density at radius 2 is 1.52 bits per heavy atom. The number of hydrogen-bond donors (Lipinski definition) is 1. The second-order valence-electron chi connectivity index (χ2n) is 6.53. The zero-order chi connectivity index (χ0) is 24.4. The average Bonchev–Trinajstić information content (AvgIpc) is 2.82. The molecule has 0 amide bonds. The molecule has 0 unspecified atom stereocenters. The van der Waals surface area contributed by atoms with E-state index in [9.17, 15) is 19.7 Å². The van der Waals surface area contributed by atoms with Gasteiger partial charge < -0.3 is 29.2 Å². The predicted octanol–water partition coefficient (Wildman–Crippen LogP) is 1.80. The van der Waals surface area contributed by atoms with Gasteiger partial charge in [-0.1, -0.05) is 0 Å². The third-order valence-corrected chi connectivity index (χ3v) is 4.45. The van der Waals surface area contributed by atoms with E-state index in [2.05, 4.69) is 15.3 Å². The van der Waals surface area contributed by atoms with Crippen molar-refractivity contribution < 1.29 is 33.5 Å². The molecule has 0 aliphatic heterocycles. The maximum atomic E-state index is 12.0. The maximum Gasteiger partial charge on any atom is 0.353 e. The normalized spacial score (nSPS) is 10.4. The summed E-state index contributed by atoms with van der Waals surface area (Å²) in [6.45, 7) is 1.25. The van der Waals surface area contributed by atoms with Crippen LogP contribution in [0, 0.1) is 10.1 Å². The first kappa shape index (κ1) is 25.4. The second-order valence-corrected chi connectivity index (χ2v) is 6.53. The Morgan fingerprint density at radius 1 is 0.970 bits per heavy atom. The van der Waals surface area contributed by atoms with Crippen LogP contribution < -0.4 is 10.2 Å². The Labute approximate surface area is 189 Å². The lowest BCUT2D eigenvalue weighted by molar-refractivity contribution is -0.383. The SMILES string of the molecule is COCCN(CCOC)c1ncnc(Nc2cc(C(=O)OC)cc(C(=O)OC)c2)c1[N+](=O)[O-]. The van der Waals surface area contributed by atoms with E-state index in [-0.39, 0.29) is 28.5 Å². The molecule has 1 heterocycles. The van der Waals surface area contributed by atoms with Gasteiger partial charge in [0.15, 0.2) is 0 Å². The fourth-order valence-corrected chi connectivity index (χ4v) is 2.89. The maximum absolute atomic E-state index is 12.0. The zero-order valence-electron chi connectivity index (χ0n) is 18.7. The number of anilines is 3. The van der Waals surface area contributed by atoms with Gasteiger partial charge in [-0.2, -0.15) is 0 Å². The van der Waals surface area contributed by atoms with E-state index >= 15 is 0 Å². The summed E-state index contributed by atoms with van der Waals surface area (Å²) in [7, 11) is 5.42. The van der Waals surface area contributed by atoms with E-state index in [0.29, 0.717) is 26.3 Å². The Morgan fingerprint density at radius 3 is 1.97 bits per heavy atom. The second kappa shape index (κ2) is 12.3. The van der Waals surface area contributed by atoms with E-state index in [4.69, 9.17) is 18.9 Å². The molecule has 33 heavy (non-hydrogen) atoms. The molecule has 0 atom stereocenters. The highest BCUT2D eigenvalue weighted by Crippen LogP contribution is 2.34. The number of rotatable bonds is 12. The lowest BCUT2D eigenvalue weighted by Crippen LogP contribution is -2.32. The lowest BCUT2D eigenvalue weighted by atomic mass is 10.1. The van der Waals surface area contributed by atoms with Crippen LogP contribution in [0.1, 0.15) is 20.7 Å². The number of hydrogen-bond acceptors (Lipinski definition) is 12. The lowest BCUT2D eigenvalue weighted by Gasteiger charge is -2.23. The van der Waals surface area contributed by atoms with Crippen LogP contribution in [0.4, 0.5) is 23.0 Å². The summed E-state index contributed by atoms with van der Waals surface area (Å²) < 4.78 is 19.6. The predicted molar refractivity (Wildman–Crippen MR) is 117 cm³/mol. The standard InChI is InChI=1S/C20H25N5O8/c1-30-7-5-24(6-8-31-2)18-16(25(28)29)17(21-12-22-18)23-15-10-13(19(26)32-3)9-14(11-15)20(27)33-4/h9-12H,5-8H2,1-4H3,(H,21,22,23). The number of methoxy groups -OCH3 is 4. The highest BCUT2D eigenvalue weighted by Gasteiger charge is 2.27. The first-order valence-electron chi connectivity index (χ1n) is 9.67. The molecule has 1 aromatic carbocycles. The first-order chi connectivity index (χ1) is 15.9. The van der Waals surface area contributed by atoms with Crippen molar-refractivity contribution in [2.75, 3.05) is 65.0 Å². The van der Waals surface area contributed by atoms with Gasteiger partial charge in [0.1, 0.15) is 6.33 Å². The minimum Gasteiger partial charge on any atom is -0.465 e. The van der Waals surface area contributed by atoms with Crippen molar-refractivity contribution in [3.63, 3.8) is 0 Å². The van der Waals surface area contributed by atoms with Gasteiger partial charge in [-0.25, -0.2) is 19.6 Å². The van der Waals surface area contributed by atoms with Crippen LogP contribution in [0.3, 0.4) is 0 Å². The van der Waals surface area contributed by atoms with Crippen LogP contribution in [-0.2, 0) is 18.9 Å². The highest BCUT2D eigenvalue weighted by molar-refractivity contribution is 5.97. The summed E-state index contributed by atoms with van der Waals surface area (Å²) in [6.07, 6.45) is 1.17. The molecule has 0 saturated carbocycles. The van der Waals surface area contributed by atoms with Crippen LogP contribution >= 0.6 is 0 Å². The third-order valence-electron chi connectivity index (χ3n) is 4.45. The fraction of sp³-hybridized carbons (Fsp3) is 0.400. The molecule has 2 aromatic rings. The van der Waals surface area contributed by atoms with Crippen LogP contribution in [-0.4, -0.2) is 81.6 Å². The number of carbonyl (C=O) groups excluding carboxylic acids is 2. The van der Waals surface area contributed by atoms with Gasteiger partial charge in [-0.05, 0) is 18.2 Å². The van der Waals surface area contributed by atoms with Gasteiger partial charge in [0.25, 0.3) is 0 Å². The molecule has 1 N–H and O–H groups in total. The molecule has 1 aromatic heterocycles. The Bertz CT molecular complexity index is 958. The van der Waals surface area contributed by atoms with Gasteiger partial charge in [0.05, 0.1) is 43.5 Å². The van der Waals surface area contributed by atoms with E-state index in [1.807, 2.05) is 0 Å². The van der Waals surface area contributed by atoms with E-state index < -0.39 is 22.5 Å². The van der Waals surface area contributed by atoms with Crippen molar-refractivity contribution in [3.8, 4) is 0 Å². The number of aromatic nitrogens is 2. The molecule has 0 bridgehead atoms. The molecular formula is C20H25N5O8. The third kappa shape index (κ3) is 6.57. The molecule has 0 spiro atoms. The monoisotopic (exact) mass is 463 g/mol. The number of ether oxygens (including phenoxy) is 4. The number of nitrogens with zero attached hydrogens (tertiary/aromatic N) is 4. The van der Waals surface area contributed by atoms with Crippen molar-refractivity contribution in [1.82, 2.24) is 9.97 Å². The summed E-state index contributed by atoms with van der Waals surface area (Å²) in [4.78, 5) is 45.2. The van der Waals surface area contributed by atoms with E-state index in [0.717, 1.165) is 0 Å². The molecule has 13 nitrogen and oxygen atoms in total. The smallest absolute Gasteiger partial charge is 0.353 e. The van der Waals surface area contributed by atoms with E-state index in [1.165, 1.54) is 53.0 Å². The summed E-state index contributed by atoms with van der Waals surface area (Å²) in [5.74, 6) is -1.48. The van der Waals surface area contributed by atoms with Crippen molar-refractivity contribution in [2.24, 2.45) is 0 Å². The minimum atomic E-state index is -0.702. The van der Waals surface area contributed by atoms with Gasteiger partial charge in [-0.3, -0.25) is 10.1 Å². The molecular weight excluding hydrogens is 438 g/mol. The molecule has 0 aliphatic carbocycles. The Balaban J connectivity index is 2.55. The first-order valence-corrected chi connectivity index (χ1v) is 9.67. The Kier molecular flexibility index (Phi) is 9.45. The van der Waals surface area contributed by atoms with Crippen molar-refractivity contribution >= 4 is 34.9 Å². The Hall–Kier alpha value is -3.84. The number of nitrogens with one attached hydrogen (secondary N) is 1. The van der Waals surface area contributed by atoms with Crippen molar-refractivity contribution in [3.05, 3.63) is 45.8 Å². The summed E-state index contributed by atoms with van der Waals surface area (Å²) in [5.41, 5.74) is -0.123. The quantitative estimate of drug-likeness (QED) is 0.277. The zero-order valence-corrected chi connectivity index (χ0v) is 18.7. The molecule has 0 aliphatic rings. The molecule has 0 saturated heterocycles. The fourth-order valence-electron chi connectivity index (χ4n) is 2.89. The van der Waals surface area contributed by atoms with Crippen molar-refractivity contribution in [1.29, 1.82) is 0 Å². The molecule has 13 heteroatoms.